The number of hydrogen-bond acceptors (Lipinski definition) is 10. The molecule has 2 aliphatic carbocycles. The number of rotatable bonds is 5. The quantitative estimate of drug-likeness (QED) is 0.295. The summed E-state index contributed by atoms with van der Waals surface area (Å²) in [5, 5.41) is 35.1. The van der Waals surface area contributed by atoms with Crippen molar-refractivity contribution < 1.29 is 43.9 Å². The predicted octanol–water partition coefficient (Wildman–Crippen LogP) is 0.424. The van der Waals surface area contributed by atoms with Crippen molar-refractivity contribution in [3.63, 3.8) is 0 Å². The maximum Gasteiger partial charge on any atom is 0.344 e. The molecule has 1 heterocycles. The Kier molecular flexibility index (Phi) is 7.96. The SMILES string of the molecule is C=C[C@@]1(C)CC(=O)[C@]2(O)[C@@]3(C)[C@@H](O)CCC(C)(C)[C@@H]3[C@H](OC(=O)COC(=O)CN)[C@H](O)[C@@]2(C)O1.Cl. The summed E-state index contributed by atoms with van der Waals surface area (Å²) in [6, 6.07) is 0. The Balaban J connectivity index is 0.00000432. The van der Waals surface area contributed by atoms with Gasteiger partial charge in [0.05, 0.1) is 18.2 Å². The lowest BCUT2D eigenvalue weighted by Gasteiger charge is -2.71. The molecule has 0 aromatic heterocycles. The van der Waals surface area contributed by atoms with Gasteiger partial charge in [0.15, 0.2) is 18.0 Å². The standard InChI is InChI=1S/C24H37NO9.ClH/c1-7-21(4)10-14(27)24(31)22(5)13(26)8-9-20(2,3)18(22)17(19(30)23(24,6)34-21)33-16(29)12-32-15(28)11-25;/h7,13,17-19,26,30-31H,1,8-12,25H2,2-6H3;1H/t13-,17-,18-,19-,21-,22-,23+,24-;/m0./s1. The summed E-state index contributed by atoms with van der Waals surface area (Å²) >= 11 is 0. The molecule has 3 aliphatic rings. The second-order valence-electron chi connectivity index (χ2n) is 11.1. The smallest absolute Gasteiger partial charge is 0.344 e. The number of aliphatic hydroxyl groups is 3. The van der Waals surface area contributed by atoms with E-state index in [9.17, 15) is 29.7 Å². The molecule has 0 radical (unpaired) electrons. The van der Waals surface area contributed by atoms with E-state index < -0.39 is 82.7 Å². The maximum atomic E-state index is 13.7. The number of nitrogens with two attached hydrogens (primary N) is 1. The Hall–Kier alpha value is -1.56. The van der Waals surface area contributed by atoms with Gasteiger partial charge >= 0.3 is 11.9 Å². The van der Waals surface area contributed by atoms with E-state index in [0.29, 0.717) is 6.42 Å². The molecule has 3 fully saturated rings. The van der Waals surface area contributed by atoms with Crippen molar-refractivity contribution in [3.8, 4) is 0 Å². The average Bonchev–Trinajstić information content (AvgIpc) is 2.76. The highest BCUT2D eigenvalue weighted by Gasteiger charge is 2.81. The van der Waals surface area contributed by atoms with Crippen molar-refractivity contribution in [2.75, 3.05) is 13.2 Å². The number of halogens is 1. The van der Waals surface area contributed by atoms with E-state index in [1.54, 1.807) is 13.8 Å². The van der Waals surface area contributed by atoms with Gasteiger partial charge in [0.1, 0.15) is 17.8 Å². The summed E-state index contributed by atoms with van der Waals surface area (Å²) in [6.07, 6.45) is -2.10. The van der Waals surface area contributed by atoms with Crippen molar-refractivity contribution in [1.82, 2.24) is 0 Å². The number of hydrogen-bond donors (Lipinski definition) is 4. The molecule has 5 N–H and O–H groups in total. The number of carbonyl (C=O) groups excluding carboxylic acids is 3. The summed E-state index contributed by atoms with van der Waals surface area (Å²) in [5.41, 5.74) is -2.46. The first-order valence-electron chi connectivity index (χ1n) is 11.5. The highest BCUT2D eigenvalue weighted by Crippen LogP contribution is 2.67. The van der Waals surface area contributed by atoms with Gasteiger partial charge in [0, 0.05) is 17.8 Å². The topological polar surface area (TPSA) is 166 Å². The van der Waals surface area contributed by atoms with Gasteiger partial charge in [-0.1, -0.05) is 26.8 Å². The third-order valence-electron chi connectivity index (χ3n) is 8.52. The first-order chi connectivity index (χ1) is 15.5. The van der Waals surface area contributed by atoms with E-state index >= 15 is 0 Å². The summed E-state index contributed by atoms with van der Waals surface area (Å²) in [5.74, 6) is -3.17. The van der Waals surface area contributed by atoms with E-state index in [-0.39, 0.29) is 25.2 Å². The van der Waals surface area contributed by atoms with Gasteiger partial charge in [-0.25, -0.2) is 4.79 Å². The minimum Gasteiger partial charge on any atom is -0.457 e. The van der Waals surface area contributed by atoms with Crippen LogP contribution in [0.3, 0.4) is 0 Å². The highest BCUT2D eigenvalue weighted by atomic mass is 35.5. The fourth-order valence-corrected chi connectivity index (χ4v) is 6.79. The number of esters is 2. The lowest BCUT2D eigenvalue weighted by atomic mass is 9.40. The molecule has 10 nitrogen and oxygen atoms in total. The highest BCUT2D eigenvalue weighted by molar-refractivity contribution is 5.92. The number of aliphatic hydroxyl groups excluding tert-OH is 2. The molecule has 35 heavy (non-hydrogen) atoms. The van der Waals surface area contributed by atoms with Crippen LogP contribution in [0.5, 0.6) is 0 Å². The Labute approximate surface area is 211 Å². The molecule has 0 aromatic carbocycles. The molecule has 200 valence electrons. The van der Waals surface area contributed by atoms with Crippen molar-refractivity contribution in [3.05, 3.63) is 12.7 Å². The van der Waals surface area contributed by atoms with E-state index in [2.05, 4.69) is 6.58 Å². The van der Waals surface area contributed by atoms with E-state index in [0.717, 1.165) is 0 Å². The van der Waals surface area contributed by atoms with Crippen LogP contribution >= 0.6 is 12.4 Å². The summed E-state index contributed by atoms with van der Waals surface area (Å²) in [6.45, 7) is 10.9. The van der Waals surface area contributed by atoms with Gasteiger partial charge in [-0.15, -0.1) is 19.0 Å². The van der Waals surface area contributed by atoms with Gasteiger partial charge in [0.2, 0.25) is 0 Å². The molecular formula is C24H38ClNO9. The van der Waals surface area contributed by atoms with Gasteiger partial charge in [-0.2, -0.15) is 0 Å². The lowest BCUT2D eigenvalue weighted by Crippen LogP contribution is -2.86. The zero-order valence-electron chi connectivity index (χ0n) is 20.9. The van der Waals surface area contributed by atoms with Crippen LogP contribution in [-0.2, 0) is 28.6 Å². The monoisotopic (exact) mass is 519 g/mol. The Morgan fingerprint density at radius 2 is 1.80 bits per heavy atom. The van der Waals surface area contributed by atoms with Crippen LogP contribution in [0.1, 0.15) is 53.9 Å². The molecule has 11 heteroatoms. The summed E-state index contributed by atoms with van der Waals surface area (Å²) in [4.78, 5) is 37.7. The van der Waals surface area contributed by atoms with Crippen LogP contribution in [0, 0.1) is 16.7 Å². The molecule has 1 aliphatic heterocycles. The molecule has 3 rings (SSSR count). The van der Waals surface area contributed by atoms with Crippen LogP contribution in [0.15, 0.2) is 12.7 Å². The van der Waals surface area contributed by atoms with Crippen molar-refractivity contribution >= 4 is 30.1 Å². The molecule has 0 unspecified atom stereocenters. The zero-order chi connectivity index (χ0) is 25.9. The number of fused-ring (bicyclic) bond motifs is 3. The second-order valence-corrected chi connectivity index (χ2v) is 11.1. The van der Waals surface area contributed by atoms with Crippen LogP contribution < -0.4 is 5.73 Å². The Morgan fingerprint density at radius 3 is 2.34 bits per heavy atom. The molecule has 0 aromatic rings. The fourth-order valence-electron chi connectivity index (χ4n) is 6.79. The minimum atomic E-state index is -2.29. The van der Waals surface area contributed by atoms with E-state index in [1.165, 1.54) is 13.0 Å². The zero-order valence-corrected chi connectivity index (χ0v) is 21.7. The van der Waals surface area contributed by atoms with Crippen LogP contribution in [-0.4, -0.2) is 81.3 Å². The van der Waals surface area contributed by atoms with E-state index in [4.69, 9.17) is 19.9 Å². The van der Waals surface area contributed by atoms with Crippen molar-refractivity contribution in [2.45, 2.75) is 89.0 Å². The van der Waals surface area contributed by atoms with Gasteiger partial charge in [-0.3, -0.25) is 9.59 Å². The first kappa shape index (κ1) is 29.7. The van der Waals surface area contributed by atoms with Crippen LogP contribution in [0.4, 0.5) is 0 Å². The van der Waals surface area contributed by atoms with Crippen LogP contribution in [0.25, 0.3) is 0 Å². The van der Waals surface area contributed by atoms with Gasteiger partial charge in [0.25, 0.3) is 0 Å². The number of Topliss-reactive ketones (excluding diaryl/α,β-unsaturated/α-hetero) is 1. The van der Waals surface area contributed by atoms with E-state index in [1.807, 2.05) is 13.8 Å². The Morgan fingerprint density at radius 1 is 1.20 bits per heavy atom. The largest absolute Gasteiger partial charge is 0.457 e. The van der Waals surface area contributed by atoms with Crippen molar-refractivity contribution in [2.24, 2.45) is 22.5 Å². The van der Waals surface area contributed by atoms with Gasteiger partial charge in [-0.05, 0) is 32.1 Å². The Bertz CT molecular complexity index is 896. The number of ketones is 1. The summed E-state index contributed by atoms with van der Waals surface area (Å²) < 4.78 is 16.6. The average molecular weight is 520 g/mol. The maximum absolute atomic E-state index is 13.7. The van der Waals surface area contributed by atoms with Gasteiger partial charge < -0.3 is 35.3 Å². The summed E-state index contributed by atoms with van der Waals surface area (Å²) in [7, 11) is 0. The molecule has 1 saturated heterocycles. The number of carbonyl (C=O) groups is 3. The van der Waals surface area contributed by atoms with Crippen LogP contribution in [0.2, 0.25) is 0 Å². The fraction of sp³-hybridized carbons (Fsp3) is 0.792. The molecule has 0 amide bonds. The normalized spacial score (nSPS) is 44.2. The third kappa shape index (κ3) is 4.12. The molecule has 0 spiro atoms. The van der Waals surface area contributed by atoms with Crippen molar-refractivity contribution in [1.29, 1.82) is 0 Å². The predicted molar refractivity (Wildman–Crippen MR) is 126 cm³/mol. The third-order valence-corrected chi connectivity index (χ3v) is 8.52. The molecule has 2 saturated carbocycles. The lowest BCUT2D eigenvalue weighted by molar-refractivity contribution is -0.370. The molecule has 8 atom stereocenters. The molecular weight excluding hydrogens is 482 g/mol. The minimum absolute atomic E-state index is 0. The second kappa shape index (κ2) is 9.39. The first-order valence-corrected chi connectivity index (χ1v) is 11.5. The molecule has 0 bridgehead atoms. The number of ether oxygens (including phenoxy) is 3.